The molecule has 1 aromatic carbocycles. The minimum atomic E-state index is -0.212. The average molecular weight is 418 g/mol. The number of hydrogen-bond acceptors (Lipinski definition) is 5. The Morgan fingerprint density at radius 2 is 1.97 bits per heavy atom. The van der Waals surface area contributed by atoms with Gasteiger partial charge in [0.05, 0.1) is 7.11 Å². The van der Waals surface area contributed by atoms with Crippen LogP contribution in [0.3, 0.4) is 0 Å². The van der Waals surface area contributed by atoms with Gasteiger partial charge in [0.25, 0.3) is 0 Å². The van der Waals surface area contributed by atoms with Gasteiger partial charge in [-0.05, 0) is 36.5 Å². The number of ether oxygens (including phenoxy) is 1. The molecule has 29 heavy (non-hydrogen) atoms. The number of hydrogen-bond donors (Lipinski definition) is 2. The largest absolute Gasteiger partial charge is 0.497 e. The van der Waals surface area contributed by atoms with Crippen LogP contribution in [-0.4, -0.2) is 47.1 Å². The molecule has 2 aromatic rings. The summed E-state index contributed by atoms with van der Waals surface area (Å²) in [5, 5.41) is 1.14. The minimum Gasteiger partial charge on any atom is -0.497 e. The Hall–Kier alpha value is -1.99. The maximum atomic E-state index is 12.2. The van der Waals surface area contributed by atoms with Crippen LogP contribution in [0.25, 0.3) is 10.9 Å². The van der Waals surface area contributed by atoms with Crippen LogP contribution in [0.1, 0.15) is 46.0 Å². The van der Waals surface area contributed by atoms with Crippen molar-refractivity contribution in [3.63, 3.8) is 0 Å². The number of H-pyrrole nitrogens is 1. The highest BCUT2D eigenvalue weighted by molar-refractivity contribution is 7.99. The lowest BCUT2D eigenvalue weighted by Crippen LogP contribution is -2.46. The van der Waals surface area contributed by atoms with Crippen molar-refractivity contribution >= 4 is 34.5 Å². The monoisotopic (exact) mass is 417 g/mol. The molecule has 1 atom stereocenters. The minimum absolute atomic E-state index is 0.0409. The molecular formula is C22H31N3O3S. The van der Waals surface area contributed by atoms with Crippen LogP contribution in [0.2, 0.25) is 0 Å². The molecule has 0 radical (unpaired) electrons. The predicted octanol–water partition coefficient (Wildman–Crippen LogP) is 3.94. The first kappa shape index (κ1) is 21.7. The summed E-state index contributed by atoms with van der Waals surface area (Å²) in [6.07, 6.45) is 5.50. The third-order valence-corrected chi connectivity index (χ3v) is 6.62. The number of methoxy groups -OCH3 is 1. The van der Waals surface area contributed by atoms with Gasteiger partial charge in [0.15, 0.2) is 0 Å². The maximum Gasteiger partial charge on any atom is 0.229 e. The van der Waals surface area contributed by atoms with Gasteiger partial charge in [0, 0.05) is 53.2 Å². The van der Waals surface area contributed by atoms with Crippen LogP contribution in [0.4, 0.5) is 0 Å². The summed E-state index contributed by atoms with van der Waals surface area (Å²) in [6, 6.07) is 6.07. The Bertz CT molecular complexity index is 857. The van der Waals surface area contributed by atoms with Crippen molar-refractivity contribution in [1.29, 1.82) is 0 Å². The van der Waals surface area contributed by atoms with E-state index >= 15 is 0 Å². The van der Waals surface area contributed by atoms with E-state index in [1.807, 2.05) is 38.2 Å². The summed E-state index contributed by atoms with van der Waals surface area (Å²) < 4.78 is 5.31. The Kier molecular flexibility index (Phi) is 6.90. The molecule has 7 heteroatoms. The van der Waals surface area contributed by atoms with E-state index in [4.69, 9.17) is 10.5 Å². The Morgan fingerprint density at radius 3 is 2.66 bits per heavy atom. The molecule has 0 spiro atoms. The molecule has 0 bridgehead atoms. The number of likely N-dealkylation sites (tertiary alicyclic amines) is 1. The zero-order valence-corrected chi connectivity index (χ0v) is 18.3. The van der Waals surface area contributed by atoms with Crippen molar-refractivity contribution in [2.24, 2.45) is 11.1 Å². The molecule has 0 saturated carbocycles. The van der Waals surface area contributed by atoms with Crippen LogP contribution < -0.4 is 10.5 Å². The van der Waals surface area contributed by atoms with Crippen LogP contribution in [-0.2, 0) is 9.59 Å². The van der Waals surface area contributed by atoms with Gasteiger partial charge in [0.1, 0.15) is 5.75 Å². The van der Waals surface area contributed by atoms with Crippen LogP contribution in [0, 0.1) is 5.41 Å². The Morgan fingerprint density at radius 1 is 1.24 bits per heavy atom. The van der Waals surface area contributed by atoms with Gasteiger partial charge in [-0.3, -0.25) is 14.5 Å². The number of imide groups is 1. The summed E-state index contributed by atoms with van der Waals surface area (Å²) in [7, 11) is 1.67. The number of nitrogens with two attached hydrogens (primary N) is 1. The van der Waals surface area contributed by atoms with Crippen molar-refractivity contribution in [1.82, 2.24) is 9.88 Å². The second-order valence-corrected chi connectivity index (χ2v) is 9.65. The van der Waals surface area contributed by atoms with Crippen LogP contribution in [0.15, 0.2) is 29.3 Å². The van der Waals surface area contributed by atoms with Gasteiger partial charge in [-0.25, -0.2) is 0 Å². The standard InChI is InChI=1S/C22H31N3O3S/c1-22(2)11-20(26)25(21(27)12-22)9-5-4-6-15(23)14-29-19-13-24-18-8-7-16(28-3)10-17(18)19/h7-8,10,13,15,24H,4-6,9,11-12,14,23H2,1-3H3. The van der Waals surface area contributed by atoms with Crippen LogP contribution >= 0.6 is 11.8 Å². The molecule has 0 aliphatic carbocycles. The molecule has 3 N–H and O–H groups in total. The van der Waals surface area contributed by atoms with Gasteiger partial charge < -0.3 is 15.5 Å². The molecule has 2 heterocycles. The number of unbranched alkanes of at least 4 members (excludes halogenated alkanes) is 1. The number of carbonyl (C=O) groups excluding carboxylic acids is 2. The first-order valence-corrected chi connectivity index (χ1v) is 11.1. The SMILES string of the molecule is COc1ccc2[nH]cc(SCC(N)CCCCN3C(=O)CC(C)(C)CC3=O)c2c1. The van der Waals surface area contributed by atoms with E-state index in [1.165, 1.54) is 9.80 Å². The number of thioether (sulfide) groups is 1. The van der Waals surface area contributed by atoms with Crippen molar-refractivity contribution in [2.45, 2.75) is 56.9 Å². The van der Waals surface area contributed by atoms with Crippen molar-refractivity contribution in [3.05, 3.63) is 24.4 Å². The number of aromatic nitrogens is 1. The summed E-state index contributed by atoms with van der Waals surface area (Å²) in [4.78, 5) is 30.3. The number of fused-ring (bicyclic) bond motifs is 1. The van der Waals surface area contributed by atoms with Crippen LogP contribution in [0.5, 0.6) is 5.75 Å². The zero-order chi connectivity index (χ0) is 21.0. The highest BCUT2D eigenvalue weighted by Gasteiger charge is 2.36. The zero-order valence-electron chi connectivity index (χ0n) is 17.5. The van der Waals surface area contributed by atoms with Crippen molar-refractivity contribution in [2.75, 3.05) is 19.4 Å². The first-order chi connectivity index (χ1) is 13.8. The normalized spacial score (nSPS) is 17.7. The Balaban J connectivity index is 1.41. The third-order valence-electron chi connectivity index (χ3n) is 5.37. The lowest BCUT2D eigenvalue weighted by atomic mass is 9.81. The number of nitrogens with one attached hydrogen (secondary N) is 1. The van der Waals surface area contributed by atoms with Gasteiger partial charge in [-0.2, -0.15) is 0 Å². The average Bonchev–Trinajstić information content (AvgIpc) is 3.06. The summed E-state index contributed by atoms with van der Waals surface area (Å²) in [5.74, 6) is 1.58. The topological polar surface area (TPSA) is 88.4 Å². The van der Waals surface area contributed by atoms with E-state index in [1.54, 1.807) is 18.9 Å². The quantitative estimate of drug-likeness (QED) is 0.366. The fourth-order valence-electron chi connectivity index (χ4n) is 3.74. The molecule has 1 aliphatic heterocycles. The number of piperidine rings is 1. The highest BCUT2D eigenvalue weighted by atomic mass is 32.2. The maximum absolute atomic E-state index is 12.2. The summed E-state index contributed by atoms with van der Waals surface area (Å²) in [6.45, 7) is 4.46. The van der Waals surface area contributed by atoms with E-state index in [0.29, 0.717) is 19.4 Å². The smallest absolute Gasteiger partial charge is 0.229 e. The van der Waals surface area contributed by atoms with E-state index in [9.17, 15) is 9.59 Å². The number of benzene rings is 1. The van der Waals surface area contributed by atoms with E-state index in [-0.39, 0.29) is 23.3 Å². The molecule has 1 fully saturated rings. The van der Waals surface area contributed by atoms with E-state index in [0.717, 1.165) is 41.7 Å². The van der Waals surface area contributed by atoms with E-state index in [2.05, 4.69) is 4.98 Å². The number of rotatable bonds is 9. The number of nitrogens with zero attached hydrogens (tertiary/aromatic N) is 1. The predicted molar refractivity (Wildman–Crippen MR) is 117 cm³/mol. The fourth-order valence-corrected chi connectivity index (χ4v) is 4.76. The van der Waals surface area contributed by atoms with Gasteiger partial charge in [-0.15, -0.1) is 11.8 Å². The molecule has 1 unspecified atom stereocenters. The van der Waals surface area contributed by atoms with Gasteiger partial charge in [-0.1, -0.05) is 20.3 Å². The summed E-state index contributed by atoms with van der Waals surface area (Å²) in [5.41, 5.74) is 7.17. The van der Waals surface area contributed by atoms with E-state index < -0.39 is 0 Å². The second kappa shape index (κ2) is 9.22. The molecule has 6 nitrogen and oxygen atoms in total. The van der Waals surface area contributed by atoms with Gasteiger partial charge in [0.2, 0.25) is 11.8 Å². The summed E-state index contributed by atoms with van der Waals surface area (Å²) >= 11 is 1.74. The number of aromatic amines is 1. The fraction of sp³-hybridized carbons (Fsp3) is 0.545. The Labute approximate surface area is 176 Å². The third kappa shape index (κ3) is 5.54. The molecular weight excluding hydrogens is 386 g/mol. The molecule has 2 amide bonds. The first-order valence-electron chi connectivity index (χ1n) is 10.2. The number of carbonyl (C=O) groups is 2. The van der Waals surface area contributed by atoms with Crippen molar-refractivity contribution < 1.29 is 14.3 Å². The lowest BCUT2D eigenvalue weighted by Gasteiger charge is -2.34. The van der Waals surface area contributed by atoms with Crippen molar-refractivity contribution in [3.8, 4) is 5.75 Å². The number of amides is 2. The molecule has 3 rings (SSSR count). The van der Waals surface area contributed by atoms with Gasteiger partial charge >= 0.3 is 0 Å². The second-order valence-electron chi connectivity index (χ2n) is 8.59. The molecule has 158 valence electrons. The lowest BCUT2D eigenvalue weighted by molar-refractivity contribution is -0.152. The highest BCUT2D eigenvalue weighted by Crippen LogP contribution is 2.32. The molecule has 1 aliphatic rings. The molecule has 1 aromatic heterocycles. The molecule has 1 saturated heterocycles.